The van der Waals surface area contributed by atoms with Gasteiger partial charge in [-0.15, -0.1) is 5.10 Å². The minimum Gasteiger partial charge on any atom is -0.330 e. The van der Waals surface area contributed by atoms with E-state index >= 15 is 0 Å². The second kappa shape index (κ2) is 6.87. The Morgan fingerprint density at radius 3 is 2.69 bits per heavy atom. The van der Waals surface area contributed by atoms with Crippen molar-refractivity contribution >= 4 is 17.5 Å². The highest BCUT2D eigenvalue weighted by Crippen LogP contribution is 2.38. The molecule has 0 unspecified atom stereocenters. The van der Waals surface area contributed by atoms with Crippen molar-refractivity contribution in [1.29, 1.82) is 0 Å². The fraction of sp³-hybridized carbons (Fsp3) is 0.333. The van der Waals surface area contributed by atoms with Gasteiger partial charge in [0.25, 0.3) is 5.91 Å². The van der Waals surface area contributed by atoms with Crippen LogP contribution in [-0.2, 0) is 19.6 Å². The molecule has 0 spiro atoms. The summed E-state index contributed by atoms with van der Waals surface area (Å²) in [5.41, 5.74) is 0.180. The molecule has 2 aromatic heterocycles. The molecular formula is C18H16ClF3N6O. The topological polar surface area (TPSA) is 68.8 Å². The van der Waals surface area contributed by atoms with E-state index in [0.717, 1.165) is 11.8 Å². The number of carbonyl (C=O) groups excluding carboxylic acids is 1. The predicted octanol–water partition coefficient (Wildman–Crippen LogP) is 3.43. The summed E-state index contributed by atoms with van der Waals surface area (Å²) in [5.74, 6) is 0.0285. The summed E-state index contributed by atoms with van der Waals surface area (Å²) >= 11 is 5.93. The number of rotatable bonds is 2. The van der Waals surface area contributed by atoms with E-state index in [9.17, 15) is 18.0 Å². The zero-order valence-electron chi connectivity index (χ0n) is 15.5. The second-order valence-corrected chi connectivity index (χ2v) is 7.15. The lowest BCUT2D eigenvalue weighted by molar-refractivity contribution is -0.137. The molecule has 1 aliphatic heterocycles. The fourth-order valence-corrected chi connectivity index (χ4v) is 3.80. The summed E-state index contributed by atoms with van der Waals surface area (Å²) in [5, 5.41) is 12.0. The lowest BCUT2D eigenvalue weighted by Gasteiger charge is -2.33. The van der Waals surface area contributed by atoms with E-state index in [1.54, 1.807) is 35.6 Å². The molecule has 1 atom stereocenters. The maximum atomic E-state index is 13.1. The molecule has 1 aliphatic rings. The molecule has 0 aliphatic carbocycles. The number of aryl methyl sites for hydroxylation is 1. The number of fused-ring (bicyclic) bond motifs is 1. The van der Waals surface area contributed by atoms with Crippen LogP contribution >= 0.6 is 11.6 Å². The van der Waals surface area contributed by atoms with E-state index in [4.69, 9.17) is 11.6 Å². The number of carbonyl (C=O) groups is 1. The first-order valence-electron chi connectivity index (χ1n) is 8.79. The van der Waals surface area contributed by atoms with E-state index in [0.29, 0.717) is 24.5 Å². The van der Waals surface area contributed by atoms with Gasteiger partial charge in [-0.2, -0.15) is 23.0 Å². The number of aromatic nitrogens is 5. The number of alkyl halides is 3. The molecule has 0 saturated carbocycles. The third-order valence-electron chi connectivity index (χ3n) is 4.96. The molecule has 29 heavy (non-hydrogen) atoms. The van der Waals surface area contributed by atoms with Crippen molar-refractivity contribution in [2.75, 3.05) is 6.54 Å². The minimum atomic E-state index is -4.64. The first kappa shape index (κ1) is 19.4. The largest absolute Gasteiger partial charge is 0.417 e. The van der Waals surface area contributed by atoms with Crippen LogP contribution in [0.1, 0.15) is 40.3 Å². The highest BCUT2D eigenvalue weighted by Gasteiger charge is 2.37. The highest BCUT2D eigenvalue weighted by molar-refractivity contribution is 6.34. The molecule has 4 rings (SSSR count). The Morgan fingerprint density at radius 2 is 2.03 bits per heavy atom. The summed E-state index contributed by atoms with van der Waals surface area (Å²) in [4.78, 5) is 14.5. The predicted molar refractivity (Wildman–Crippen MR) is 97.7 cm³/mol. The number of nitrogens with zero attached hydrogens (tertiary/aromatic N) is 6. The van der Waals surface area contributed by atoms with Gasteiger partial charge >= 0.3 is 6.18 Å². The van der Waals surface area contributed by atoms with Crippen molar-refractivity contribution in [2.45, 2.75) is 25.6 Å². The SMILES string of the molecule is C[C@@H]1c2nnn(-c3ccn(C)n3)c2CCN1C(=O)c1cccc(C(F)(F)F)c1Cl. The molecule has 7 nitrogen and oxygen atoms in total. The smallest absolute Gasteiger partial charge is 0.330 e. The van der Waals surface area contributed by atoms with Crippen molar-refractivity contribution in [3.05, 3.63) is 58.0 Å². The second-order valence-electron chi connectivity index (χ2n) is 6.77. The third-order valence-corrected chi connectivity index (χ3v) is 5.37. The van der Waals surface area contributed by atoms with E-state index in [2.05, 4.69) is 15.4 Å². The lowest BCUT2D eigenvalue weighted by atomic mass is 10.0. The summed E-state index contributed by atoms with van der Waals surface area (Å²) in [6, 6.07) is 4.65. The van der Waals surface area contributed by atoms with Crippen LogP contribution in [0.3, 0.4) is 0 Å². The average molecular weight is 425 g/mol. The van der Waals surface area contributed by atoms with Crippen LogP contribution in [0, 0.1) is 0 Å². The first-order valence-corrected chi connectivity index (χ1v) is 9.17. The number of hydrogen-bond donors (Lipinski definition) is 0. The molecule has 3 aromatic rings. The van der Waals surface area contributed by atoms with Crippen LogP contribution < -0.4 is 0 Å². The van der Waals surface area contributed by atoms with Gasteiger partial charge in [0, 0.05) is 32.3 Å². The monoisotopic (exact) mass is 424 g/mol. The van der Waals surface area contributed by atoms with E-state index < -0.39 is 28.7 Å². The Morgan fingerprint density at radius 1 is 1.28 bits per heavy atom. The maximum Gasteiger partial charge on any atom is 0.417 e. The quantitative estimate of drug-likeness (QED) is 0.632. The standard InChI is InChI=1S/C18H16ClF3N6O/c1-10-16-13(28(25-23-16)14-7-8-26(2)24-14)6-9-27(10)17(29)11-4-3-5-12(15(11)19)18(20,21)22/h3-5,7-8,10H,6,9H2,1-2H3/t10-/m1/s1. The van der Waals surface area contributed by atoms with Crippen molar-refractivity contribution in [1.82, 2.24) is 29.7 Å². The summed E-state index contributed by atoms with van der Waals surface area (Å²) in [7, 11) is 1.79. The fourth-order valence-electron chi connectivity index (χ4n) is 3.49. The van der Waals surface area contributed by atoms with E-state index in [-0.39, 0.29) is 5.56 Å². The van der Waals surface area contributed by atoms with Gasteiger partial charge in [-0.1, -0.05) is 22.9 Å². The summed E-state index contributed by atoms with van der Waals surface area (Å²) in [6.45, 7) is 2.05. The Balaban J connectivity index is 1.66. The molecule has 1 aromatic carbocycles. The Labute approximate surface area is 168 Å². The molecule has 0 saturated heterocycles. The molecule has 152 valence electrons. The number of hydrogen-bond acceptors (Lipinski definition) is 4. The van der Waals surface area contributed by atoms with Gasteiger partial charge in [0.2, 0.25) is 0 Å². The minimum absolute atomic E-state index is 0.186. The number of halogens is 4. The van der Waals surface area contributed by atoms with Crippen molar-refractivity contribution in [2.24, 2.45) is 7.05 Å². The number of amides is 1. The third kappa shape index (κ3) is 3.27. The Hall–Kier alpha value is -2.88. The van der Waals surface area contributed by atoms with Gasteiger partial charge in [-0.3, -0.25) is 9.48 Å². The highest BCUT2D eigenvalue weighted by atomic mass is 35.5. The van der Waals surface area contributed by atoms with Crippen molar-refractivity contribution in [3.8, 4) is 5.82 Å². The van der Waals surface area contributed by atoms with Crippen LogP contribution in [0.5, 0.6) is 0 Å². The van der Waals surface area contributed by atoms with Gasteiger partial charge in [0.1, 0.15) is 5.69 Å². The van der Waals surface area contributed by atoms with E-state index in [1.807, 2.05) is 0 Å². The van der Waals surface area contributed by atoms with Gasteiger partial charge in [-0.05, 0) is 19.1 Å². The van der Waals surface area contributed by atoms with Crippen LogP contribution in [0.25, 0.3) is 5.82 Å². The van der Waals surface area contributed by atoms with Gasteiger partial charge in [0.05, 0.1) is 27.9 Å². The lowest BCUT2D eigenvalue weighted by Crippen LogP contribution is -2.39. The molecule has 1 amide bonds. The van der Waals surface area contributed by atoms with Gasteiger partial charge < -0.3 is 4.90 Å². The molecule has 0 fully saturated rings. The zero-order chi connectivity index (χ0) is 20.9. The van der Waals surface area contributed by atoms with Crippen molar-refractivity contribution < 1.29 is 18.0 Å². The zero-order valence-corrected chi connectivity index (χ0v) is 16.2. The Bertz CT molecular complexity index is 1090. The molecule has 11 heteroatoms. The molecular weight excluding hydrogens is 409 g/mol. The van der Waals surface area contributed by atoms with Crippen molar-refractivity contribution in [3.63, 3.8) is 0 Å². The van der Waals surface area contributed by atoms with E-state index in [1.165, 1.54) is 17.0 Å². The van der Waals surface area contributed by atoms with Gasteiger partial charge in [0.15, 0.2) is 5.82 Å². The molecule has 0 N–H and O–H groups in total. The summed E-state index contributed by atoms with van der Waals surface area (Å²) in [6.07, 6.45) is -2.42. The molecule has 3 heterocycles. The van der Waals surface area contributed by atoms with Crippen LogP contribution in [0.4, 0.5) is 13.2 Å². The molecule has 0 radical (unpaired) electrons. The number of benzene rings is 1. The molecule has 0 bridgehead atoms. The summed E-state index contributed by atoms with van der Waals surface area (Å²) < 4.78 is 42.7. The Kier molecular flexibility index (Phi) is 4.60. The van der Waals surface area contributed by atoms with Gasteiger partial charge in [-0.25, -0.2) is 0 Å². The average Bonchev–Trinajstić information content (AvgIpc) is 3.27. The van der Waals surface area contributed by atoms with Crippen LogP contribution in [0.15, 0.2) is 30.5 Å². The normalized spacial score (nSPS) is 16.8. The first-order chi connectivity index (χ1) is 13.7. The maximum absolute atomic E-state index is 13.1. The van der Waals surface area contributed by atoms with Crippen LogP contribution in [-0.4, -0.2) is 42.1 Å². The van der Waals surface area contributed by atoms with Crippen LogP contribution in [0.2, 0.25) is 5.02 Å².